The molecule has 0 aromatic heterocycles. The number of likely N-dealkylation sites (N-methyl/N-ethyl adjacent to an activating group) is 1. The molecule has 0 spiro atoms. The monoisotopic (exact) mass is 363 g/mol. The van der Waals surface area contributed by atoms with Gasteiger partial charge in [-0.05, 0) is 58.5 Å². The number of halogens is 1. The molecule has 1 rings (SSSR count). The summed E-state index contributed by atoms with van der Waals surface area (Å²) in [5.74, 6) is 1.19. The molecule has 0 amide bonds. The van der Waals surface area contributed by atoms with Crippen LogP contribution in [0.2, 0.25) is 0 Å². The van der Waals surface area contributed by atoms with E-state index in [1.54, 1.807) is 0 Å². The molecule has 0 saturated carbocycles. The zero-order valence-corrected chi connectivity index (χ0v) is 13.8. The van der Waals surface area contributed by atoms with Gasteiger partial charge >= 0.3 is 0 Å². The van der Waals surface area contributed by atoms with Crippen molar-refractivity contribution in [2.45, 2.75) is 38.5 Å². The van der Waals surface area contributed by atoms with Crippen LogP contribution in [-0.2, 0) is 6.42 Å². The molecule has 0 fully saturated rings. The molecule has 0 aliphatic rings. The first-order valence-corrected chi connectivity index (χ1v) is 8.34. The Bertz CT molecular complexity index is 311. The molecule has 1 N–H and O–H groups in total. The minimum atomic E-state index is 0.590. The Morgan fingerprint density at radius 1 is 1.24 bits per heavy atom. The summed E-state index contributed by atoms with van der Waals surface area (Å²) in [6, 6.07) is 9.45. The first kappa shape index (κ1) is 15.3. The van der Waals surface area contributed by atoms with Crippen molar-refractivity contribution in [1.29, 1.82) is 0 Å². The summed E-state index contributed by atoms with van der Waals surface area (Å²) in [4.78, 5) is 0. The third kappa shape index (κ3) is 6.67. The molecule has 3 heteroatoms. The van der Waals surface area contributed by atoms with Crippen LogP contribution in [0.1, 0.15) is 26.3 Å². The molecular formula is C14H22INS. The molecule has 1 aromatic rings. The number of rotatable bonds is 7. The molecule has 96 valence electrons. The van der Waals surface area contributed by atoms with Gasteiger partial charge in [-0.25, -0.2) is 0 Å². The Kier molecular flexibility index (Phi) is 7.55. The fourth-order valence-electron chi connectivity index (χ4n) is 1.69. The molecule has 1 nitrogen and oxygen atoms in total. The van der Waals surface area contributed by atoms with Gasteiger partial charge in [0, 0.05) is 15.4 Å². The molecule has 17 heavy (non-hydrogen) atoms. The second-order valence-corrected chi connectivity index (χ2v) is 7.32. The van der Waals surface area contributed by atoms with Crippen molar-refractivity contribution in [2.75, 3.05) is 12.3 Å². The van der Waals surface area contributed by atoms with Gasteiger partial charge in [-0.2, -0.15) is 11.8 Å². The zero-order valence-electron chi connectivity index (χ0n) is 10.9. The van der Waals surface area contributed by atoms with Gasteiger partial charge in [-0.15, -0.1) is 0 Å². The van der Waals surface area contributed by atoms with Crippen molar-refractivity contribution >= 4 is 34.4 Å². The van der Waals surface area contributed by atoms with Gasteiger partial charge in [0.15, 0.2) is 0 Å². The van der Waals surface area contributed by atoms with Crippen molar-refractivity contribution in [2.24, 2.45) is 0 Å². The second kappa shape index (κ2) is 8.38. The number of benzene rings is 1. The van der Waals surface area contributed by atoms with Crippen molar-refractivity contribution in [3.63, 3.8) is 0 Å². The Hall–Kier alpha value is 0.260. The van der Waals surface area contributed by atoms with E-state index in [4.69, 9.17) is 0 Å². The van der Waals surface area contributed by atoms with Crippen LogP contribution in [0.5, 0.6) is 0 Å². The number of hydrogen-bond donors (Lipinski definition) is 1. The highest BCUT2D eigenvalue weighted by molar-refractivity contribution is 14.1. The summed E-state index contributed by atoms with van der Waals surface area (Å²) in [5.41, 5.74) is 1.43. The maximum Gasteiger partial charge on any atom is 0.0198 e. The summed E-state index contributed by atoms with van der Waals surface area (Å²) in [6.45, 7) is 7.76. The highest BCUT2D eigenvalue weighted by Gasteiger charge is 2.09. The van der Waals surface area contributed by atoms with Gasteiger partial charge in [-0.3, -0.25) is 0 Å². The first-order valence-electron chi connectivity index (χ1n) is 6.21. The SMILES string of the molecule is CCNC(CSC(C)C)Cc1ccc(I)cc1. The van der Waals surface area contributed by atoms with E-state index in [0.29, 0.717) is 11.3 Å². The van der Waals surface area contributed by atoms with Crippen molar-refractivity contribution < 1.29 is 0 Å². The summed E-state index contributed by atoms with van der Waals surface area (Å²) in [6.07, 6.45) is 1.13. The van der Waals surface area contributed by atoms with Crippen LogP contribution in [0.3, 0.4) is 0 Å². The van der Waals surface area contributed by atoms with Crippen LogP contribution in [0, 0.1) is 3.57 Å². The van der Waals surface area contributed by atoms with E-state index in [0.717, 1.165) is 13.0 Å². The van der Waals surface area contributed by atoms with Crippen molar-refractivity contribution in [3.8, 4) is 0 Å². The Morgan fingerprint density at radius 3 is 2.41 bits per heavy atom. The van der Waals surface area contributed by atoms with E-state index < -0.39 is 0 Å². The minimum absolute atomic E-state index is 0.590. The lowest BCUT2D eigenvalue weighted by Crippen LogP contribution is -2.33. The molecule has 0 heterocycles. The third-order valence-electron chi connectivity index (χ3n) is 2.52. The van der Waals surface area contributed by atoms with Gasteiger partial charge in [0.25, 0.3) is 0 Å². The molecule has 1 aromatic carbocycles. The van der Waals surface area contributed by atoms with E-state index in [1.807, 2.05) is 11.8 Å². The molecule has 1 atom stereocenters. The van der Waals surface area contributed by atoms with Crippen LogP contribution in [0.4, 0.5) is 0 Å². The van der Waals surface area contributed by atoms with E-state index in [9.17, 15) is 0 Å². The van der Waals surface area contributed by atoms with Gasteiger partial charge in [0.2, 0.25) is 0 Å². The van der Waals surface area contributed by atoms with E-state index in [1.165, 1.54) is 14.9 Å². The normalized spacial score (nSPS) is 13.0. The van der Waals surface area contributed by atoms with Crippen molar-refractivity contribution in [3.05, 3.63) is 33.4 Å². The van der Waals surface area contributed by atoms with Gasteiger partial charge in [0.05, 0.1) is 0 Å². The van der Waals surface area contributed by atoms with Crippen molar-refractivity contribution in [1.82, 2.24) is 5.32 Å². The predicted octanol–water partition coefficient (Wildman–Crippen LogP) is 3.95. The molecule has 1 unspecified atom stereocenters. The zero-order chi connectivity index (χ0) is 12.7. The van der Waals surface area contributed by atoms with Gasteiger partial charge in [-0.1, -0.05) is 32.9 Å². The standard InChI is InChI=1S/C14H22INS/c1-4-16-14(10-17-11(2)3)9-12-5-7-13(15)8-6-12/h5-8,11,14,16H,4,9-10H2,1-3H3. The lowest BCUT2D eigenvalue weighted by Gasteiger charge is -2.18. The average molecular weight is 363 g/mol. The maximum atomic E-state index is 3.58. The highest BCUT2D eigenvalue weighted by atomic mass is 127. The topological polar surface area (TPSA) is 12.0 Å². The van der Waals surface area contributed by atoms with Crippen LogP contribution in [0.25, 0.3) is 0 Å². The average Bonchev–Trinajstić information content (AvgIpc) is 2.29. The number of nitrogens with one attached hydrogen (secondary N) is 1. The Balaban J connectivity index is 2.50. The minimum Gasteiger partial charge on any atom is -0.313 e. The molecule has 0 radical (unpaired) electrons. The fraction of sp³-hybridized carbons (Fsp3) is 0.571. The predicted molar refractivity (Wildman–Crippen MR) is 87.9 cm³/mol. The largest absolute Gasteiger partial charge is 0.313 e. The Morgan fingerprint density at radius 2 is 1.88 bits per heavy atom. The highest BCUT2D eigenvalue weighted by Crippen LogP contribution is 2.14. The van der Waals surface area contributed by atoms with Gasteiger partial charge < -0.3 is 5.32 Å². The lowest BCUT2D eigenvalue weighted by atomic mass is 10.1. The molecule has 0 bridgehead atoms. The van der Waals surface area contributed by atoms with Crippen LogP contribution < -0.4 is 5.32 Å². The number of thioether (sulfide) groups is 1. The third-order valence-corrected chi connectivity index (χ3v) is 4.50. The quantitative estimate of drug-likeness (QED) is 0.737. The fourth-order valence-corrected chi connectivity index (χ4v) is 2.90. The summed E-state index contributed by atoms with van der Waals surface area (Å²) in [7, 11) is 0. The summed E-state index contributed by atoms with van der Waals surface area (Å²) in [5, 5.41) is 4.29. The van der Waals surface area contributed by atoms with E-state index in [2.05, 4.69) is 72.9 Å². The molecular weight excluding hydrogens is 341 g/mol. The first-order chi connectivity index (χ1) is 8.11. The number of hydrogen-bond acceptors (Lipinski definition) is 2. The van der Waals surface area contributed by atoms with E-state index >= 15 is 0 Å². The molecule has 0 aliphatic carbocycles. The van der Waals surface area contributed by atoms with Crippen LogP contribution in [0.15, 0.2) is 24.3 Å². The summed E-state index contributed by atoms with van der Waals surface area (Å²) >= 11 is 4.39. The maximum absolute atomic E-state index is 3.58. The lowest BCUT2D eigenvalue weighted by molar-refractivity contribution is 0.572. The van der Waals surface area contributed by atoms with Gasteiger partial charge in [0.1, 0.15) is 0 Å². The molecule has 0 saturated heterocycles. The second-order valence-electron chi connectivity index (χ2n) is 4.47. The van der Waals surface area contributed by atoms with E-state index in [-0.39, 0.29) is 0 Å². The van der Waals surface area contributed by atoms with Crippen LogP contribution >= 0.6 is 34.4 Å². The Labute approximate surface area is 123 Å². The van der Waals surface area contributed by atoms with Crippen LogP contribution in [-0.4, -0.2) is 23.6 Å². The molecule has 0 aliphatic heterocycles. The summed E-state index contributed by atoms with van der Waals surface area (Å²) < 4.78 is 1.31. The smallest absolute Gasteiger partial charge is 0.0198 e.